The minimum absolute atomic E-state index is 0.298. The second kappa shape index (κ2) is 4.29. The number of nitrogens with zero attached hydrogens (tertiary/aromatic N) is 1. The Labute approximate surface area is 95.5 Å². The largest absolute Gasteiger partial charge is 0.288 e. The second-order valence-corrected chi connectivity index (χ2v) is 6.92. The molecular formula is C14H27N. The fourth-order valence-electron chi connectivity index (χ4n) is 2.18. The molecule has 0 aromatic heterocycles. The molecule has 1 unspecified atom stereocenters. The van der Waals surface area contributed by atoms with Gasteiger partial charge >= 0.3 is 0 Å². The molecule has 0 fully saturated rings. The lowest BCUT2D eigenvalue weighted by atomic mass is 9.88. The van der Waals surface area contributed by atoms with Crippen molar-refractivity contribution in [3.05, 3.63) is 12.2 Å². The van der Waals surface area contributed by atoms with Crippen LogP contribution in [-0.2, 0) is 0 Å². The minimum atomic E-state index is 0.298. The molecule has 1 atom stereocenters. The van der Waals surface area contributed by atoms with E-state index < -0.39 is 0 Å². The molecule has 1 heteroatoms. The summed E-state index contributed by atoms with van der Waals surface area (Å²) in [7, 11) is 0. The lowest BCUT2D eigenvalue weighted by Crippen LogP contribution is -2.45. The van der Waals surface area contributed by atoms with Gasteiger partial charge in [0.15, 0.2) is 0 Å². The molecule has 1 rings (SSSR count). The zero-order chi connectivity index (χ0) is 11.7. The van der Waals surface area contributed by atoms with Crippen molar-refractivity contribution in [3.8, 4) is 0 Å². The van der Waals surface area contributed by atoms with E-state index in [9.17, 15) is 0 Å². The van der Waals surface area contributed by atoms with Gasteiger partial charge in [0.25, 0.3) is 0 Å². The van der Waals surface area contributed by atoms with E-state index in [-0.39, 0.29) is 0 Å². The molecule has 0 aromatic rings. The zero-order valence-corrected chi connectivity index (χ0v) is 11.3. The molecule has 88 valence electrons. The third kappa shape index (κ3) is 3.98. The molecule has 0 N–H and O–H groups in total. The molecule has 1 nitrogen and oxygen atoms in total. The van der Waals surface area contributed by atoms with Gasteiger partial charge in [0.05, 0.1) is 0 Å². The third-order valence-corrected chi connectivity index (χ3v) is 3.11. The van der Waals surface area contributed by atoms with Crippen LogP contribution in [0.2, 0.25) is 0 Å². The number of hydrogen-bond donors (Lipinski definition) is 0. The summed E-state index contributed by atoms with van der Waals surface area (Å²) in [5.41, 5.74) is 0.756. The number of rotatable bonds is 2. The Kier molecular flexibility index (Phi) is 3.65. The monoisotopic (exact) mass is 209 g/mol. The van der Waals surface area contributed by atoms with Gasteiger partial charge in [-0.3, -0.25) is 4.90 Å². The van der Waals surface area contributed by atoms with Crippen LogP contribution in [0.4, 0.5) is 0 Å². The topological polar surface area (TPSA) is 3.24 Å². The van der Waals surface area contributed by atoms with Gasteiger partial charge in [-0.15, -0.1) is 0 Å². The van der Waals surface area contributed by atoms with Gasteiger partial charge in [-0.05, 0) is 39.0 Å². The Balaban J connectivity index is 2.51. The van der Waals surface area contributed by atoms with E-state index in [1.807, 2.05) is 0 Å². The maximum absolute atomic E-state index is 2.60. The van der Waals surface area contributed by atoms with Gasteiger partial charge < -0.3 is 0 Å². The Morgan fingerprint density at radius 3 is 2.20 bits per heavy atom. The summed E-state index contributed by atoms with van der Waals surface area (Å²) in [5.74, 6) is 0. The van der Waals surface area contributed by atoms with E-state index in [0.29, 0.717) is 17.0 Å². The van der Waals surface area contributed by atoms with Gasteiger partial charge in [-0.1, -0.05) is 32.9 Å². The molecule has 1 aliphatic rings. The molecule has 1 heterocycles. The van der Waals surface area contributed by atoms with Crippen molar-refractivity contribution in [1.82, 2.24) is 4.90 Å². The molecule has 0 spiro atoms. The van der Waals surface area contributed by atoms with Gasteiger partial charge in [0.2, 0.25) is 0 Å². The van der Waals surface area contributed by atoms with Crippen LogP contribution in [-0.4, -0.2) is 23.0 Å². The third-order valence-electron chi connectivity index (χ3n) is 3.11. The average Bonchev–Trinajstić information content (AvgIpc) is 2.45. The first kappa shape index (κ1) is 12.8. The molecule has 0 radical (unpaired) electrons. The van der Waals surface area contributed by atoms with Crippen molar-refractivity contribution in [2.45, 2.75) is 66.0 Å². The van der Waals surface area contributed by atoms with Crippen LogP contribution >= 0.6 is 0 Å². The lowest BCUT2D eigenvalue weighted by Gasteiger charge is -2.38. The van der Waals surface area contributed by atoms with Gasteiger partial charge in [0.1, 0.15) is 0 Å². The Hall–Kier alpha value is -0.300. The minimum Gasteiger partial charge on any atom is -0.288 e. The van der Waals surface area contributed by atoms with E-state index >= 15 is 0 Å². The normalized spacial score (nSPS) is 23.7. The van der Waals surface area contributed by atoms with Crippen molar-refractivity contribution in [3.63, 3.8) is 0 Å². The SMILES string of the molecule is CC(C)(C)CCC1C=CCN1C(C)(C)C. The highest BCUT2D eigenvalue weighted by molar-refractivity contribution is 5.07. The highest BCUT2D eigenvalue weighted by Gasteiger charge is 2.29. The summed E-state index contributed by atoms with van der Waals surface area (Å²) in [6, 6.07) is 0.657. The molecular weight excluding hydrogens is 182 g/mol. The Morgan fingerprint density at radius 2 is 1.73 bits per heavy atom. The Bertz CT molecular complexity index is 227. The summed E-state index contributed by atoms with van der Waals surface area (Å²) in [5, 5.41) is 0. The molecule has 1 aliphatic heterocycles. The Morgan fingerprint density at radius 1 is 1.13 bits per heavy atom. The van der Waals surface area contributed by atoms with Crippen molar-refractivity contribution >= 4 is 0 Å². The summed E-state index contributed by atoms with van der Waals surface area (Å²) < 4.78 is 0. The van der Waals surface area contributed by atoms with E-state index in [1.54, 1.807) is 0 Å². The summed E-state index contributed by atoms with van der Waals surface area (Å²) in [4.78, 5) is 2.60. The molecule has 0 bridgehead atoms. The molecule has 0 saturated carbocycles. The van der Waals surface area contributed by atoms with Crippen LogP contribution < -0.4 is 0 Å². The molecule has 0 aliphatic carbocycles. The first-order chi connectivity index (χ1) is 6.70. The molecule has 15 heavy (non-hydrogen) atoms. The van der Waals surface area contributed by atoms with Crippen molar-refractivity contribution in [1.29, 1.82) is 0 Å². The summed E-state index contributed by atoms with van der Waals surface area (Å²) >= 11 is 0. The predicted octanol–water partition coefficient (Wildman–Crippen LogP) is 3.85. The van der Waals surface area contributed by atoms with E-state index in [0.717, 1.165) is 6.54 Å². The molecule has 0 amide bonds. The van der Waals surface area contributed by atoms with Crippen molar-refractivity contribution < 1.29 is 0 Å². The van der Waals surface area contributed by atoms with Crippen LogP contribution in [0, 0.1) is 5.41 Å². The van der Waals surface area contributed by atoms with E-state index in [4.69, 9.17) is 0 Å². The van der Waals surface area contributed by atoms with E-state index in [1.165, 1.54) is 12.8 Å². The van der Waals surface area contributed by atoms with Crippen LogP contribution in [0.1, 0.15) is 54.4 Å². The van der Waals surface area contributed by atoms with Gasteiger partial charge in [-0.2, -0.15) is 0 Å². The van der Waals surface area contributed by atoms with Crippen LogP contribution in [0.15, 0.2) is 12.2 Å². The fourth-order valence-corrected chi connectivity index (χ4v) is 2.18. The second-order valence-electron chi connectivity index (χ2n) is 6.92. The smallest absolute Gasteiger partial charge is 0.0287 e. The first-order valence-corrected chi connectivity index (χ1v) is 6.13. The summed E-state index contributed by atoms with van der Waals surface area (Å²) in [6.07, 6.45) is 7.29. The van der Waals surface area contributed by atoms with Crippen molar-refractivity contribution in [2.75, 3.05) is 6.54 Å². The average molecular weight is 209 g/mol. The quantitative estimate of drug-likeness (QED) is 0.624. The van der Waals surface area contributed by atoms with Gasteiger partial charge in [0, 0.05) is 18.1 Å². The van der Waals surface area contributed by atoms with E-state index in [2.05, 4.69) is 58.6 Å². The maximum atomic E-state index is 2.60. The fraction of sp³-hybridized carbons (Fsp3) is 0.857. The summed E-state index contributed by atoms with van der Waals surface area (Å²) in [6.45, 7) is 15.0. The molecule has 0 aromatic carbocycles. The van der Waals surface area contributed by atoms with Gasteiger partial charge in [-0.25, -0.2) is 0 Å². The van der Waals surface area contributed by atoms with Crippen LogP contribution in [0.3, 0.4) is 0 Å². The van der Waals surface area contributed by atoms with Crippen LogP contribution in [0.5, 0.6) is 0 Å². The maximum Gasteiger partial charge on any atom is 0.0287 e. The lowest BCUT2D eigenvalue weighted by molar-refractivity contribution is 0.120. The van der Waals surface area contributed by atoms with Crippen LogP contribution in [0.25, 0.3) is 0 Å². The first-order valence-electron chi connectivity index (χ1n) is 6.13. The van der Waals surface area contributed by atoms with Crippen molar-refractivity contribution in [2.24, 2.45) is 5.41 Å². The standard InChI is InChI=1S/C14H27N/c1-13(2,3)10-9-12-8-7-11-15(12)14(4,5)6/h7-8,12H,9-11H2,1-6H3. The highest BCUT2D eigenvalue weighted by atomic mass is 15.2. The zero-order valence-electron chi connectivity index (χ0n) is 11.3. The highest BCUT2D eigenvalue weighted by Crippen LogP contribution is 2.29. The number of hydrogen-bond acceptors (Lipinski definition) is 1. The molecule has 0 saturated heterocycles. The predicted molar refractivity (Wildman–Crippen MR) is 68.1 cm³/mol.